The molecule has 0 N–H and O–H groups in total. The Morgan fingerprint density at radius 3 is 2.30 bits per heavy atom. The van der Waals surface area contributed by atoms with E-state index in [1.807, 2.05) is 6.92 Å². The van der Waals surface area contributed by atoms with Crippen LogP contribution in [0.1, 0.15) is 19.8 Å². The number of nitrogens with zero attached hydrogens (tertiary/aromatic N) is 2. The molecule has 2 aromatic rings. The summed E-state index contributed by atoms with van der Waals surface area (Å²) in [5.74, 6) is 1.02. The van der Waals surface area contributed by atoms with Crippen LogP contribution in [0.5, 0.6) is 17.2 Å². The maximum absolute atomic E-state index is 12.6. The van der Waals surface area contributed by atoms with E-state index in [0.29, 0.717) is 31.2 Å². The van der Waals surface area contributed by atoms with Gasteiger partial charge in [0.05, 0.1) is 16.4 Å². The van der Waals surface area contributed by atoms with Gasteiger partial charge < -0.3 is 9.47 Å². The Kier molecular flexibility index (Phi) is 5.62. The molecule has 9 heteroatoms. The lowest BCUT2D eigenvalue weighted by Gasteiger charge is -2.16. The molecule has 144 valence electrons. The molecule has 0 radical (unpaired) electrons. The molecular formula is C18H20N2O6S. The summed E-state index contributed by atoms with van der Waals surface area (Å²) in [4.78, 5) is 10.7. The number of sulfonamides is 1. The minimum atomic E-state index is -3.74. The van der Waals surface area contributed by atoms with Crippen LogP contribution in [0.15, 0.2) is 47.4 Å². The van der Waals surface area contributed by atoms with E-state index in [4.69, 9.17) is 9.47 Å². The smallest absolute Gasteiger partial charge is 0.312 e. The lowest BCUT2D eigenvalue weighted by Crippen LogP contribution is -2.27. The molecule has 0 atom stereocenters. The molecule has 1 fully saturated rings. The molecule has 1 aliphatic rings. The first-order valence-corrected chi connectivity index (χ1v) is 10.0. The van der Waals surface area contributed by atoms with Crippen LogP contribution in [-0.4, -0.2) is 37.3 Å². The Hall–Kier alpha value is -2.65. The number of hydrogen-bond donors (Lipinski definition) is 0. The highest BCUT2D eigenvalue weighted by atomic mass is 32.2. The van der Waals surface area contributed by atoms with E-state index in [2.05, 4.69) is 0 Å². The second kappa shape index (κ2) is 7.93. The Labute approximate surface area is 157 Å². The molecular weight excluding hydrogens is 372 g/mol. The van der Waals surface area contributed by atoms with Gasteiger partial charge in [-0.25, -0.2) is 8.42 Å². The van der Waals surface area contributed by atoms with E-state index in [9.17, 15) is 18.5 Å². The third kappa shape index (κ3) is 4.20. The van der Waals surface area contributed by atoms with E-state index in [-0.39, 0.29) is 10.6 Å². The van der Waals surface area contributed by atoms with Gasteiger partial charge in [-0.15, -0.1) is 0 Å². The summed E-state index contributed by atoms with van der Waals surface area (Å²) in [6, 6.07) is 10.3. The van der Waals surface area contributed by atoms with Crippen molar-refractivity contribution in [2.75, 3.05) is 19.7 Å². The van der Waals surface area contributed by atoms with Crippen molar-refractivity contribution >= 4 is 15.7 Å². The van der Waals surface area contributed by atoms with Crippen molar-refractivity contribution in [2.24, 2.45) is 0 Å². The topological polar surface area (TPSA) is 99.0 Å². The van der Waals surface area contributed by atoms with Crippen molar-refractivity contribution in [3.63, 3.8) is 0 Å². The summed E-state index contributed by atoms with van der Waals surface area (Å²) in [6.45, 7) is 3.26. The van der Waals surface area contributed by atoms with Gasteiger partial charge in [0.1, 0.15) is 11.5 Å². The van der Waals surface area contributed by atoms with Gasteiger partial charge in [-0.05, 0) is 56.2 Å². The van der Waals surface area contributed by atoms with Gasteiger partial charge in [0, 0.05) is 19.2 Å². The molecule has 0 saturated carbocycles. The van der Waals surface area contributed by atoms with E-state index in [1.165, 1.54) is 16.4 Å². The number of benzene rings is 2. The monoisotopic (exact) mass is 392 g/mol. The Morgan fingerprint density at radius 2 is 1.70 bits per heavy atom. The standard InChI is InChI=1S/C18H20N2O6S/c1-2-25-14-5-7-15(8-6-14)26-18-10-9-16(13-17(18)20(21)22)27(23,24)19-11-3-4-12-19/h5-10,13H,2-4,11-12H2,1H3. The molecule has 1 heterocycles. The zero-order valence-electron chi connectivity index (χ0n) is 14.8. The van der Waals surface area contributed by atoms with Crippen molar-refractivity contribution in [1.82, 2.24) is 4.31 Å². The molecule has 0 unspecified atom stereocenters. The molecule has 0 amide bonds. The average molecular weight is 392 g/mol. The zero-order chi connectivity index (χ0) is 19.4. The molecule has 0 aromatic heterocycles. The normalized spacial score (nSPS) is 14.9. The summed E-state index contributed by atoms with van der Waals surface area (Å²) in [5, 5.41) is 11.4. The summed E-state index contributed by atoms with van der Waals surface area (Å²) < 4.78 is 37.5. The maximum atomic E-state index is 12.6. The molecule has 1 aliphatic heterocycles. The maximum Gasteiger partial charge on any atom is 0.312 e. The fraction of sp³-hybridized carbons (Fsp3) is 0.333. The second-order valence-corrected chi connectivity index (χ2v) is 7.94. The first-order valence-electron chi connectivity index (χ1n) is 8.61. The van der Waals surface area contributed by atoms with Crippen LogP contribution in [0.3, 0.4) is 0 Å². The molecule has 0 bridgehead atoms. The van der Waals surface area contributed by atoms with Crippen LogP contribution in [-0.2, 0) is 10.0 Å². The third-order valence-electron chi connectivity index (χ3n) is 4.19. The predicted octanol–water partition coefficient (Wildman–Crippen LogP) is 3.57. The summed E-state index contributed by atoms with van der Waals surface area (Å²) in [7, 11) is -3.74. The van der Waals surface area contributed by atoms with Crippen LogP contribution >= 0.6 is 0 Å². The quantitative estimate of drug-likeness (QED) is 0.528. The van der Waals surface area contributed by atoms with Gasteiger partial charge in [0.25, 0.3) is 0 Å². The van der Waals surface area contributed by atoms with Crippen molar-refractivity contribution in [3.05, 3.63) is 52.6 Å². The van der Waals surface area contributed by atoms with Crippen LogP contribution in [0.2, 0.25) is 0 Å². The van der Waals surface area contributed by atoms with Gasteiger partial charge in [0.2, 0.25) is 15.8 Å². The largest absolute Gasteiger partial charge is 0.494 e. The van der Waals surface area contributed by atoms with E-state index >= 15 is 0 Å². The predicted molar refractivity (Wildman–Crippen MR) is 98.8 cm³/mol. The SMILES string of the molecule is CCOc1ccc(Oc2ccc(S(=O)(=O)N3CCCC3)cc2[N+](=O)[O-])cc1. The lowest BCUT2D eigenvalue weighted by molar-refractivity contribution is -0.385. The van der Waals surface area contributed by atoms with Crippen LogP contribution in [0.4, 0.5) is 5.69 Å². The average Bonchev–Trinajstić information content (AvgIpc) is 3.19. The third-order valence-corrected chi connectivity index (χ3v) is 6.09. The minimum Gasteiger partial charge on any atom is -0.494 e. The number of nitro groups is 1. The van der Waals surface area contributed by atoms with Crippen molar-refractivity contribution in [2.45, 2.75) is 24.7 Å². The summed E-state index contributed by atoms with van der Waals surface area (Å²) in [5.41, 5.74) is -0.399. The second-order valence-electron chi connectivity index (χ2n) is 6.00. The van der Waals surface area contributed by atoms with Gasteiger partial charge in [0.15, 0.2) is 0 Å². The van der Waals surface area contributed by atoms with E-state index < -0.39 is 20.6 Å². The number of nitro benzene ring substituents is 1. The number of hydrogen-bond acceptors (Lipinski definition) is 6. The number of rotatable bonds is 7. The fourth-order valence-corrected chi connectivity index (χ4v) is 4.40. The Morgan fingerprint density at radius 1 is 1.07 bits per heavy atom. The highest BCUT2D eigenvalue weighted by molar-refractivity contribution is 7.89. The molecule has 27 heavy (non-hydrogen) atoms. The summed E-state index contributed by atoms with van der Waals surface area (Å²) >= 11 is 0. The Balaban J connectivity index is 1.89. The van der Waals surface area contributed by atoms with Gasteiger partial charge in [-0.2, -0.15) is 4.31 Å². The first-order chi connectivity index (χ1) is 12.9. The van der Waals surface area contributed by atoms with Crippen LogP contribution < -0.4 is 9.47 Å². The van der Waals surface area contributed by atoms with Crippen molar-refractivity contribution in [3.8, 4) is 17.2 Å². The van der Waals surface area contributed by atoms with Crippen molar-refractivity contribution < 1.29 is 22.8 Å². The Bertz CT molecular complexity index is 921. The van der Waals surface area contributed by atoms with Gasteiger partial charge in [-0.1, -0.05) is 0 Å². The highest BCUT2D eigenvalue weighted by Gasteiger charge is 2.30. The molecule has 0 spiro atoms. The summed E-state index contributed by atoms with van der Waals surface area (Å²) in [6.07, 6.45) is 1.58. The first kappa shape index (κ1) is 19.1. The number of ether oxygens (including phenoxy) is 2. The van der Waals surface area contributed by atoms with E-state index in [1.54, 1.807) is 24.3 Å². The minimum absolute atomic E-state index is 0.0236. The van der Waals surface area contributed by atoms with Crippen LogP contribution in [0.25, 0.3) is 0 Å². The van der Waals surface area contributed by atoms with Gasteiger partial charge in [-0.3, -0.25) is 10.1 Å². The van der Waals surface area contributed by atoms with Crippen molar-refractivity contribution in [1.29, 1.82) is 0 Å². The zero-order valence-corrected chi connectivity index (χ0v) is 15.6. The molecule has 3 rings (SSSR count). The fourth-order valence-electron chi connectivity index (χ4n) is 2.86. The molecule has 1 saturated heterocycles. The molecule has 8 nitrogen and oxygen atoms in total. The van der Waals surface area contributed by atoms with Gasteiger partial charge >= 0.3 is 5.69 Å². The highest BCUT2D eigenvalue weighted by Crippen LogP contribution is 2.35. The van der Waals surface area contributed by atoms with Crippen LogP contribution in [0, 0.1) is 10.1 Å². The van der Waals surface area contributed by atoms with E-state index in [0.717, 1.165) is 18.9 Å². The molecule has 0 aliphatic carbocycles. The lowest BCUT2D eigenvalue weighted by atomic mass is 10.3. The molecule has 2 aromatic carbocycles.